The quantitative estimate of drug-likeness (QED) is 0.467. The molecule has 0 aliphatic heterocycles. The monoisotopic (exact) mass is 448 g/mol. The molecule has 0 saturated carbocycles. The van der Waals surface area contributed by atoms with Crippen LogP contribution >= 0.6 is 22.6 Å². The van der Waals surface area contributed by atoms with Gasteiger partial charge in [0.25, 0.3) is 0 Å². The molecule has 7 heteroatoms. The molecule has 0 saturated heterocycles. The van der Waals surface area contributed by atoms with E-state index in [1.165, 1.54) is 0 Å². The number of aromatic amines is 1. The minimum Gasteiger partial charge on any atom is -0.337 e. The first-order valence-electron chi connectivity index (χ1n) is 7.63. The number of nitrogens with one attached hydrogen (secondary N) is 1. The van der Waals surface area contributed by atoms with Gasteiger partial charge in [0.15, 0.2) is 17.2 Å². The van der Waals surface area contributed by atoms with Crippen LogP contribution in [0, 0.1) is 26.2 Å². The number of nitrogens with zero attached hydrogens (tertiary/aromatic N) is 5. The average Bonchev–Trinajstić information content (AvgIpc) is 3.11. The van der Waals surface area contributed by atoms with Crippen LogP contribution in [-0.2, 0) is 0 Å². The Morgan fingerprint density at radius 2 is 1.46 bits per heavy atom. The lowest BCUT2D eigenvalue weighted by molar-refractivity contribution is 1.12. The Kier molecular flexibility index (Phi) is 4.07. The second-order valence-electron chi connectivity index (χ2n) is 5.45. The lowest BCUT2D eigenvalue weighted by atomic mass is 10.1. The van der Waals surface area contributed by atoms with Crippen molar-refractivity contribution in [1.82, 2.24) is 19.9 Å². The lowest BCUT2D eigenvalue weighted by Crippen LogP contribution is -2.02. The summed E-state index contributed by atoms with van der Waals surface area (Å²) in [6.07, 6.45) is 0. The van der Waals surface area contributed by atoms with Gasteiger partial charge in [-0.3, -0.25) is 0 Å². The van der Waals surface area contributed by atoms with E-state index >= 15 is 0 Å². The molecule has 0 fully saturated rings. The van der Waals surface area contributed by atoms with Gasteiger partial charge in [0.2, 0.25) is 0 Å². The summed E-state index contributed by atoms with van der Waals surface area (Å²) in [7, 11) is 0. The van der Waals surface area contributed by atoms with Crippen LogP contribution in [0.4, 0.5) is 0 Å². The maximum absolute atomic E-state index is 9.32. The largest absolute Gasteiger partial charge is 0.337 e. The van der Waals surface area contributed by atoms with E-state index in [1.807, 2.05) is 60.7 Å². The number of fused-ring (bicyclic) bond motifs is 1. The number of imidazole rings is 1. The summed E-state index contributed by atoms with van der Waals surface area (Å²) < 4.78 is 1.08. The van der Waals surface area contributed by atoms with Gasteiger partial charge < -0.3 is 4.98 Å². The van der Waals surface area contributed by atoms with Gasteiger partial charge in [0.05, 0.1) is 11.0 Å². The van der Waals surface area contributed by atoms with Crippen molar-refractivity contribution in [3.63, 3.8) is 0 Å². The number of hydrogen-bond donors (Lipinski definition) is 1. The first kappa shape index (κ1) is 16.2. The zero-order valence-electron chi connectivity index (χ0n) is 13.2. The van der Waals surface area contributed by atoms with Crippen molar-refractivity contribution in [2.45, 2.75) is 0 Å². The Morgan fingerprint density at radius 3 is 2.12 bits per heavy atom. The first-order chi connectivity index (χ1) is 12.7. The summed E-state index contributed by atoms with van der Waals surface area (Å²) in [6.45, 7) is 0. The highest BCUT2D eigenvalue weighted by Crippen LogP contribution is 2.30. The van der Waals surface area contributed by atoms with Crippen LogP contribution in [0.3, 0.4) is 0 Å². The summed E-state index contributed by atoms with van der Waals surface area (Å²) in [4.78, 5) is 16.6. The standard InChI is InChI=1S/C19H9IN6/c20-12-7-5-11(6-8-12)17-18(24-16(10-22)15(9-21)23-17)19-25-13-3-1-2-4-14(13)26-19/h1-8H,(H,25,26). The van der Waals surface area contributed by atoms with Crippen LogP contribution in [0.1, 0.15) is 11.4 Å². The van der Waals surface area contributed by atoms with Crippen LogP contribution in [-0.4, -0.2) is 19.9 Å². The van der Waals surface area contributed by atoms with E-state index in [0.29, 0.717) is 17.2 Å². The number of benzene rings is 2. The molecule has 2 aromatic heterocycles. The molecule has 0 aliphatic carbocycles. The fourth-order valence-corrected chi connectivity index (χ4v) is 2.99. The zero-order chi connectivity index (χ0) is 18.1. The maximum atomic E-state index is 9.32. The molecular weight excluding hydrogens is 439 g/mol. The predicted molar refractivity (Wildman–Crippen MR) is 105 cm³/mol. The summed E-state index contributed by atoms with van der Waals surface area (Å²) in [5, 5.41) is 18.6. The molecule has 0 bridgehead atoms. The van der Waals surface area contributed by atoms with Gasteiger partial charge in [0, 0.05) is 9.13 Å². The van der Waals surface area contributed by atoms with Gasteiger partial charge in [-0.2, -0.15) is 10.5 Å². The third kappa shape index (κ3) is 2.79. The molecule has 122 valence electrons. The molecule has 1 N–H and O–H groups in total. The lowest BCUT2D eigenvalue weighted by Gasteiger charge is -2.08. The topological polar surface area (TPSA) is 102 Å². The number of hydrogen-bond acceptors (Lipinski definition) is 5. The average molecular weight is 448 g/mol. The first-order valence-corrected chi connectivity index (χ1v) is 8.71. The molecule has 0 radical (unpaired) electrons. The van der Waals surface area contributed by atoms with Crippen LogP contribution in [0.5, 0.6) is 0 Å². The van der Waals surface area contributed by atoms with Gasteiger partial charge in [-0.1, -0.05) is 24.3 Å². The van der Waals surface area contributed by atoms with Crippen molar-refractivity contribution in [1.29, 1.82) is 10.5 Å². The van der Waals surface area contributed by atoms with E-state index in [0.717, 1.165) is 20.2 Å². The van der Waals surface area contributed by atoms with Gasteiger partial charge in [-0.25, -0.2) is 15.0 Å². The van der Waals surface area contributed by atoms with E-state index in [2.05, 4.69) is 42.5 Å². The molecule has 0 aliphatic rings. The molecule has 6 nitrogen and oxygen atoms in total. The second kappa shape index (κ2) is 6.54. The molecule has 4 aromatic rings. The number of rotatable bonds is 2. The fraction of sp³-hybridized carbons (Fsp3) is 0. The summed E-state index contributed by atoms with van der Waals surface area (Å²) in [5.74, 6) is 0.508. The summed E-state index contributed by atoms with van der Waals surface area (Å²) >= 11 is 2.22. The molecule has 0 amide bonds. The molecule has 2 aromatic carbocycles. The van der Waals surface area contributed by atoms with Crippen molar-refractivity contribution >= 4 is 33.6 Å². The minimum absolute atomic E-state index is 0.000844. The molecule has 26 heavy (non-hydrogen) atoms. The third-order valence-electron chi connectivity index (χ3n) is 3.84. The highest BCUT2D eigenvalue weighted by atomic mass is 127. The highest BCUT2D eigenvalue weighted by Gasteiger charge is 2.19. The number of nitriles is 2. The van der Waals surface area contributed by atoms with Gasteiger partial charge >= 0.3 is 0 Å². The van der Waals surface area contributed by atoms with Gasteiger partial charge in [-0.05, 0) is 46.9 Å². The van der Waals surface area contributed by atoms with E-state index in [-0.39, 0.29) is 11.4 Å². The molecule has 0 unspecified atom stereocenters. The smallest absolute Gasteiger partial charge is 0.177 e. The molecule has 0 atom stereocenters. The Balaban J connectivity index is 2.01. The molecular formula is C19H9IN6. The predicted octanol–water partition coefficient (Wildman–Crippen LogP) is 4.03. The number of H-pyrrole nitrogens is 1. The van der Waals surface area contributed by atoms with Crippen molar-refractivity contribution in [3.8, 4) is 34.9 Å². The minimum atomic E-state index is -0.0165. The van der Waals surface area contributed by atoms with Crippen molar-refractivity contribution < 1.29 is 0 Å². The van der Waals surface area contributed by atoms with Gasteiger partial charge in [-0.15, -0.1) is 0 Å². The molecule has 4 rings (SSSR count). The third-order valence-corrected chi connectivity index (χ3v) is 4.56. The maximum Gasteiger partial charge on any atom is 0.177 e. The van der Waals surface area contributed by atoms with Crippen LogP contribution in [0.25, 0.3) is 33.8 Å². The molecule has 2 heterocycles. The SMILES string of the molecule is N#Cc1nc(-c2ccc(I)cc2)c(-c2nc3ccccc3[nH]2)nc1C#N. The van der Waals surface area contributed by atoms with Crippen molar-refractivity contribution in [2.75, 3.05) is 0 Å². The summed E-state index contributed by atoms with van der Waals surface area (Å²) in [5.41, 5.74) is 3.39. The normalized spacial score (nSPS) is 10.4. The van der Waals surface area contributed by atoms with Crippen LogP contribution < -0.4 is 0 Å². The summed E-state index contributed by atoms with van der Waals surface area (Å²) in [6, 6.07) is 19.2. The van der Waals surface area contributed by atoms with Crippen molar-refractivity contribution in [3.05, 3.63) is 63.5 Å². The number of halogens is 1. The number of aromatic nitrogens is 4. The van der Waals surface area contributed by atoms with E-state index in [9.17, 15) is 10.5 Å². The number of para-hydroxylation sites is 2. The van der Waals surface area contributed by atoms with E-state index in [4.69, 9.17) is 0 Å². The Morgan fingerprint density at radius 1 is 0.808 bits per heavy atom. The zero-order valence-corrected chi connectivity index (χ0v) is 15.4. The van der Waals surface area contributed by atoms with Crippen LogP contribution in [0.2, 0.25) is 0 Å². The Labute approximate surface area is 162 Å². The van der Waals surface area contributed by atoms with E-state index < -0.39 is 0 Å². The van der Waals surface area contributed by atoms with E-state index in [1.54, 1.807) is 0 Å². The Bertz CT molecular complexity index is 1180. The fourth-order valence-electron chi connectivity index (χ4n) is 2.63. The molecule has 0 spiro atoms. The van der Waals surface area contributed by atoms with Crippen molar-refractivity contribution in [2.24, 2.45) is 0 Å². The highest BCUT2D eigenvalue weighted by molar-refractivity contribution is 14.1. The Hall–Kier alpha value is -3.30. The van der Waals surface area contributed by atoms with Gasteiger partial charge in [0.1, 0.15) is 23.5 Å². The van der Waals surface area contributed by atoms with Crippen LogP contribution in [0.15, 0.2) is 48.5 Å². The second-order valence-corrected chi connectivity index (χ2v) is 6.70.